The smallest absolute Gasteiger partial charge is 0.0223 e. The first-order chi connectivity index (χ1) is 8.42. The Labute approximate surface area is 105 Å². The van der Waals surface area contributed by atoms with Gasteiger partial charge in [0.05, 0.1) is 0 Å². The summed E-state index contributed by atoms with van der Waals surface area (Å²) in [7, 11) is 0. The molecule has 1 saturated heterocycles. The number of piperazine rings is 1. The standard InChI is InChI=1S/C15H26N2/c1-2-4-13(5-3-1)8-10-17-11-9-16-15(12-17)14-6-7-14/h4,14-16H,1-3,5-12H2. The van der Waals surface area contributed by atoms with Gasteiger partial charge in [0.1, 0.15) is 0 Å². The van der Waals surface area contributed by atoms with Crippen LogP contribution in [-0.2, 0) is 0 Å². The van der Waals surface area contributed by atoms with Crippen molar-refractivity contribution >= 4 is 0 Å². The molecule has 0 spiro atoms. The third-order valence-electron chi connectivity index (χ3n) is 4.61. The molecular formula is C15H26N2. The molecule has 96 valence electrons. The van der Waals surface area contributed by atoms with E-state index in [0.717, 1.165) is 12.0 Å². The molecule has 1 aliphatic heterocycles. The Morgan fingerprint density at radius 2 is 2.24 bits per heavy atom. The maximum atomic E-state index is 3.69. The van der Waals surface area contributed by atoms with E-state index in [2.05, 4.69) is 16.3 Å². The van der Waals surface area contributed by atoms with Gasteiger partial charge in [-0.2, -0.15) is 0 Å². The first kappa shape index (κ1) is 11.7. The number of allylic oxidation sites excluding steroid dienone is 1. The Morgan fingerprint density at radius 1 is 1.29 bits per heavy atom. The lowest BCUT2D eigenvalue weighted by Gasteiger charge is -2.34. The van der Waals surface area contributed by atoms with Gasteiger partial charge in [0, 0.05) is 32.2 Å². The normalized spacial score (nSPS) is 31.3. The molecule has 3 rings (SSSR count). The van der Waals surface area contributed by atoms with Crippen LogP contribution in [0.4, 0.5) is 0 Å². The average molecular weight is 234 g/mol. The molecule has 2 fully saturated rings. The van der Waals surface area contributed by atoms with Gasteiger partial charge < -0.3 is 10.2 Å². The van der Waals surface area contributed by atoms with E-state index in [1.807, 2.05) is 0 Å². The summed E-state index contributed by atoms with van der Waals surface area (Å²) in [5, 5.41) is 3.69. The Hall–Kier alpha value is -0.340. The van der Waals surface area contributed by atoms with Gasteiger partial charge in [-0.05, 0) is 50.9 Å². The molecule has 1 atom stereocenters. The van der Waals surface area contributed by atoms with Crippen LogP contribution in [0, 0.1) is 5.92 Å². The predicted molar refractivity (Wildman–Crippen MR) is 72.1 cm³/mol. The fourth-order valence-corrected chi connectivity index (χ4v) is 3.29. The summed E-state index contributed by atoms with van der Waals surface area (Å²) in [6.45, 7) is 5.07. The van der Waals surface area contributed by atoms with Gasteiger partial charge in [-0.25, -0.2) is 0 Å². The molecule has 1 heterocycles. The third-order valence-corrected chi connectivity index (χ3v) is 4.61. The zero-order valence-corrected chi connectivity index (χ0v) is 11.0. The van der Waals surface area contributed by atoms with E-state index in [1.165, 1.54) is 71.1 Å². The summed E-state index contributed by atoms with van der Waals surface area (Å²) in [5.74, 6) is 1.01. The maximum Gasteiger partial charge on any atom is 0.0223 e. The summed E-state index contributed by atoms with van der Waals surface area (Å²) in [5.41, 5.74) is 1.73. The Morgan fingerprint density at radius 3 is 3.00 bits per heavy atom. The highest BCUT2D eigenvalue weighted by Crippen LogP contribution is 2.33. The number of nitrogens with one attached hydrogen (secondary N) is 1. The van der Waals surface area contributed by atoms with Crippen molar-refractivity contribution in [2.75, 3.05) is 26.2 Å². The van der Waals surface area contributed by atoms with Crippen LogP contribution in [-0.4, -0.2) is 37.1 Å². The fraction of sp³-hybridized carbons (Fsp3) is 0.867. The third kappa shape index (κ3) is 3.32. The van der Waals surface area contributed by atoms with Crippen LogP contribution in [0.15, 0.2) is 11.6 Å². The molecule has 0 radical (unpaired) electrons. The minimum absolute atomic E-state index is 0.809. The molecule has 0 aromatic carbocycles. The van der Waals surface area contributed by atoms with E-state index >= 15 is 0 Å². The zero-order valence-electron chi connectivity index (χ0n) is 11.0. The molecule has 2 aliphatic carbocycles. The first-order valence-electron chi connectivity index (χ1n) is 7.55. The van der Waals surface area contributed by atoms with Crippen molar-refractivity contribution in [3.8, 4) is 0 Å². The van der Waals surface area contributed by atoms with Gasteiger partial charge in [-0.15, -0.1) is 0 Å². The highest BCUT2D eigenvalue weighted by Gasteiger charge is 2.33. The fourth-order valence-electron chi connectivity index (χ4n) is 3.29. The van der Waals surface area contributed by atoms with Crippen LogP contribution in [0.25, 0.3) is 0 Å². The number of hydrogen-bond acceptors (Lipinski definition) is 2. The van der Waals surface area contributed by atoms with Gasteiger partial charge in [0.15, 0.2) is 0 Å². The van der Waals surface area contributed by atoms with Crippen molar-refractivity contribution in [2.24, 2.45) is 5.92 Å². The second kappa shape index (κ2) is 5.53. The molecule has 2 nitrogen and oxygen atoms in total. The van der Waals surface area contributed by atoms with Gasteiger partial charge in [-0.1, -0.05) is 11.6 Å². The maximum absolute atomic E-state index is 3.69. The Bertz CT molecular complexity index is 281. The van der Waals surface area contributed by atoms with Crippen LogP contribution in [0.3, 0.4) is 0 Å². The van der Waals surface area contributed by atoms with Crippen molar-refractivity contribution in [2.45, 2.75) is 51.0 Å². The molecule has 1 unspecified atom stereocenters. The van der Waals surface area contributed by atoms with Crippen molar-refractivity contribution in [1.82, 2.24) is 10.2 Å². The Kier molecular flexibility index (Phi) is 3.82. The highest BCUT2D eigenvalue weighted by atomic mass is 15.2. The van der Waals surface area contributed by atoms with Crippen molar-refractivity contribution < 1.29 is 0 Å². The second-order valence-corrected chi connectivity index (χ2v) is 6.06. The molecule has 3 aliphatic rings. The topological polar surface area (TPSA) is 15.3 Å². The summed E-state index contributed by atoms with van der Waals surface area (Å²) in [6.07, 6.45) is 12.3. The van der Waals surface area contributed by atoms with E-state index < -0.39 is 0 Å². The molecule has 0 amide bonds. The summed E-state index contributed by atoms with van der Waals surface area (Å²) in [6, 6.07) is 0.809. The summed E-state index contributed by atoms with van der Waals surface area (Å²) < 4.78 is 0. The molecule has 2 heteroatoms. The number of hydrogen-bond donors (Lipinski definition) is 1. The molecular weight excluding hydrogens is 208 g/mol. The van der Waals surface area contributed by atoms with Crippen molar-refractivity contribution in [3.05, 3.63) is 11.6 Å². The van der Waals surface area contributed by atoms with E-state index in [-0.39, 0.29) is 0 Å². The van der Waals surface area contributed by atoms with Crippen LogP contribution < -0.4 is 5.32 Å². The van der Waals surface area contributed by atoms with Crippen LogP contribution in [0.1, 0.15) is 44.9 Å². The second-order valence-electron chi connectivity index (χ2n) is 6.06. The number of nitrogens with zero attached hydrogens (tertiary/aromatic N) is 1. The quantitative estimate of drug-likeness (QED) is 0.752. The molecule has 1 N–H and O–H groups in total. The highest BCUT2D eigenvalue weighted by molar-refractivity contribution is 5.05. The van der Waals surface area contributed by atoms with E-state index in [0.29, 0.717) is 0 Å². The summed E-state index contributed by atoms with van der Waals surface area (Å²) >= 11 is 0. The van der Waals surface area contributed by atoms with E-state index in [4.69, 9.17) is 0 Å². The van der Waals surface area contributed by atoms with E-state index in [9.17, 15) is 0 Å². The Balaban J connectivity index is 1.43. The van der Waals surface area contributed by atoms with Crippen LogP contribution in [0.2, 0.25) is 0 Å². The minimum atomic E-state index is 0.809. The van der Waals surface area contributed by atoms with Crippen LogP contribution >= 0.6 is 0 Å². The predicted octanol–water partition coefficient (Wildman–Crippen LogP) is 2.56. The van der Waals surface area contributed by atoms with Gasteiger partial charge in [0.25, 0.3) is 0 Å². The van der Waals surface area contributed by atoms with Crippen molar-refractivity contribution in [1.29, 1.82) is 0 Å². The molecule has 17 heavy (non-hydrogen) atoms. The minimum Gasteiger partial charge on any atom is -0.311 e. The number of rotatable bonds is 4. The lowest BCUT2D eigenvalue weighted by atomic mass is 9.97. The largest absolute Gasteiger partial charge is 0.311 e. The SMILES string of the molecule is C1=C(CCN2CCNC(C3CC3)C2)CCCC1. The van der Waals surface area contributed by atoms with E-state index in [1.54, 1.807) is 5.57 Å². The average Bonchev–Trinajstić information content (AvgIpc) is 3.22. The molecule has 0 aromatic heterocycles. The van der Waals surface area contributed by atoms with Gasteiger partial charge in [0.2, 0.25) is 0 Å². The molecule has 1 saturated carbocycles. The van der Waals surface area contributed by atoms with Gasteiger partial charge in [-0.3, -0.25) is 0 Å². The molecule has 0 aromatic rings. The zero-order chi connectivity index (χ0) is 11.5. The lowest BCUT2D eigenvalue weighted by Crippen LogP contribution is -2.51. The monoisotopic (exact) mass is 234 g/mol. The van der Waals surface area contributed by atoms with Gasteiger partial charge >= 0.3 is 0 Å². The summed E-state index contributed by atoms with van der Waals surface area (Å²) in [4.78, 5) is 2.69. The van der Waals surface area contributed by atoms with Crippen LogP contribution in [0.5, 0.6) is 0 Å². The lowest BCUT2D eigenvalue weighted by molar-refractivity contribution is 0.190. The first-order valence-corrected chi connectivity index (χ1v) is 7.55. The van der Waals surface area contributed by atoms with Crippen molar-refractivity contribution in [3.63, 3.8) is 0 Å². The molecule has 0 bridgehead atoms.